The zero-order valence-corrected chi connectivity index (χ0v) is 14.5. The molecule has 1 aliphatic heterocycles. The molecule has 10 heteroatoms. The number of nitrogens with zero attached hydrogens (tertiary/aromatic N) is 1. The molecule has 0 bridgehead atoms. The number of halogens is 4. The van der Waals surface area contributed by atoms with Crippen LogP contribution in [0.5, 0.6) is 0 Å². The Labute approximate surface area is 152 Å². The van der Waals surface area contributed by atoms with E-state index in [1.807, 2.05) is 0 Å². The quantitative estimate of drug-likeness (QED) is 0.781. The van der Waals surface area contributed by atoms with Crippen LogP contribution in [0.2, 0.25) is 5.02 Å². The van der Waals surface area contributed by atoms with E-state index in [9.17, 15) is 27.6 Å². The number of carbonyl (C=O) groups excluding carboxylic acids is 3. The van der Waals surface area contributed by atoms with E-state index in [2.05, 4.69) is 4.74 Å². The number of carbonyl (C=O) groups is 3. The van der Waals surface area contributed by atoms with Crippen molar-refractivity contribution in [3.8, 4) is 0 Å². The second kappa shape index (κ2) is 7.53. The van der Waals surface area contributed by atoms with Crippen LogP contribution < -0.4 is 5.32 Å². The minimum atomic E-state index is -5.30. The number of amides is 2. The van der Waals surface area contributed by atoms with Crippen molar-refractivity contribution in [1.82, 2.24) is 10.2 Å². The van der Waals surface area contributed by atoms with Gasteiger partial charge in [-0.3, -0.25) is 9.59 Å². The predicted octanol–water partition coefficient (Wildman–Crippen LogP) is 2.51. The first-order valence-corrected chi connectivity index (χ1v) is 8.13. The Bertz CT molecular complexity index is 726. The first-order valence-electron chi connectivity index (χ1n) is 7.76. The first-order chi connectivity index (χ1) is 12.1. The van der Waals surface area contributed by atoms with Crippen LogP contribution in [0, 0.1) is 0 Å². The molecule has 0 radical (unpaired) electrons. The summed E-state index contributed by atoms with van der Waals surface area (Å²) in [5.74, 6) is -3.88. The fraction of sp³-hybridized carbons (Fsp3) is 0.438. The third kappa shape index (κ3) is 3.62. The molecule has 1 N–H and O–H groups in total. The molecule has 1 aromatic carbocycles. The largest absolute Gasteiger partial charge is 0.463 e. The van der Waals surface area contributed by atoms with Gasteiger partial charge in [-0.1, -0.05) is 17.7 Å². The SMILES string of the molecule is CCOC(=O)C(NC(=O)c1cccc(Cl)c1)(N1CCCC1=O)C(F)(F)F. The molecule has 26 heavy (non-hydrogen) atoms. The minimum Gasteiger partial charge on any atom is -0.463 e. The molecular formula is C16H16ClF3N2O4. The van der Waals surface area contributed by atoms with Gasteiger partial charge in [0.25, 0.3) is 5.91 Å². The van der Waals surface area contributed by atoms with Gasteiger partial charge in [0.2, 0.25) is 5.91 Å². The highest BCUT2D eigenvalue weighted by Gasteiger charge is 2.68. The van der Waals surface area contributed by atoms with Crippen LogP contribution in [-0.4, -0.2) is 47.7 Å². The second-order valence-corrected chi connectivity index (χ2v) is 5.98. The molecule has 0 aromatic heterocycles. The zero-order chi connectivity index (χ0) is 19.5. The first kappa shape index (κ1) is 20.0. The normalized spacial score (nSPS) is 17.0. The predicted molar refractivity (Wildman–Crippen MR) is 85.3 cm³/mol. The summed E-state index contributed by atoms with van der Waals surface area (Å²) in [6.07, 6.45) is -5.33. The van der Waals surface area contributed by atoms with Crippen molar-refractivity contribution in [2.45, 2.75) is 31.6 Å². The van der Waals surface area contributed by atoms with Crippen molar-refractivity contribution in [3.63, 3.8) is 0 Å². The van der Waals surface area contributed by atoms with Gasteiger partial charge in [-0.2, -0.15) is 13.2 Å². The van der Waals surface area contributed by atoms with E-state index in [1.54, 1.807) is 5.32 Å². The Morgan fingerprint density at radius 1 is 1.35 bits per heavy atom. The Kier molecular flexibility index (Phi) is 5.80. The number of rotatable bonds is 5. The number of esters is 1. The number of benzene rings is 1. The summed E-state index contributed by atoms with van der Waals surface area (Å²) in [7, 11) is 0. The lowest BCUT2D eigenvalue weighted by molar-refractivity contribution is -0.243. The summed E-state index contributed by atoms with van der Waals surface area (Å²) < 4.78 is 46.5. The van der Waals surface area contributed by atoms with Crippen molar-refractivity contribution < 1.29 is 32.3 Å². The Morgan fingerprint density at radius 3 is 2.54 bits per heavy atom. The Balaban J connectivity index is 2.52. The summed E-state index contributed by atoms with van der Waals surface area (Å²) in [6.45, 7) is 0.627. The average molecular weight is 393 g/mol. The molecule has 142 valence electrons. The highest BCUT2D eigenvalue weighted by Crippen LogP contribution is 2.37. The number of alkyl halides is 3. The van der Waals surface area contributed by atoms with Crippen molar-refractivity contribution in [1.29, 1.82) is 0 Å². The van der Waals surface area contributed by atoms with Gasteiger partial charge >= 0.3 is 17.8 Å². The van der Waals surface area contributed by atoms with Crippen molar-refractivity contribution in [2.75, 3.05) is 13.2 Å². The molecule has 1 atom stereocenters. The van der Waals surface area contributed by atoms with E-state index < -0.39 is 29.6 Å². The third-order valence-corrected chi connectivity index (χ3v) is 4.08. The van der Waals surface area contributed by atoms with Crippen LogP contribution in [0.3, 0.4) is 0 Å². The maximum Gasteiger partial charge on any atom is 0.442 e. The van der Waals surface area contributed by atoms with Crippen LogP contribution in [0.4, 0.5) is 13.2 Å². The maximum atomic E-state index is 14.0. The number of ether oxygens (including phenoxy) is 1. The van der Waals surface area contributed by atoms with Crippen LogP contribution >= 0.6 is 11.6 Å². The Morgan fingerprint density at radius 2 is 2.04 bits per heavy atom. The summed E-state index contributed by atoms with van der Waals surface area (Å²) in [4.78, 5) is 37.0. The lowest BCUT2D eigenvalue weighted by atomic mass is 10.1. The molecule has 0 aliphatic carbocycles. The van der Waals surface area contributed by atoms with E-state index >= 15 is 0 Å². The zero-order valence-electron chi connectivity index (χ0n) is 13.7. The molecule has 2 amide bonds. The van der Waals surface area contributed by atoms with E-state index in [4.69, 9.17) is 11.6 Å². The summed E-state index contributed by atoms with van der Waals surface area (Å²) in [6, 6.07) is 5.19. The molecule has 6 nitrogen and oxygen atoms in total. The van der Waals surface area contributed by atoms with Gasteiger partial charge in [0.05, 0.1) is 6.61 Å². The lowest BCUT2D eigenvalue weighted by Gasteiger charge is -2.40. The van der Waals surface area contributed by atoms with Gasteiger partial charge in [0.1, 0.15) is 0 Å². The number of likely N-dealkylation sites (tertiary alicyclic amines) is 1. The number of nitrogens with one attached hydrogen (secondary N) is 1. The smallest absolute Gasteiger partial charge is 0.442 e. The van der Waals surface area contributed by atoms with E-state index in [0.717, 1.165) is 6.07 Å². The highest BCUT2D eigenvalue weighted by atomic mass is 35.5. The van der Waals surface area contributed by atoms with E-state index in [-0.39, 0.29) is 36.6 Å². The van der Waals surface area contributed by atoms with Gasteiger partial charge in [0.15, 0.2) is 0 Å². The second-order valence-electron chi connectivity index (χ2n) is 5.54. The van der Waals surface area contributed by atoms with Crippen molar-refractivity contribution in [2.24, 2.45) is 0 Å². The molecule has 1 heterocycles. The molecule has 1 aromatic rings. The molecule has 1 unspecified atom stereocenters. The van der Waals surface area contributed by atoms with Gasteiger partial charge in [-0.05, 0) is 31.5 Å². The Hall–Kier alpha value is -2.29. The van der Waals surface area contributed by atoms with Gasteiger partial charge in [-0.15, -0.1) is 0 Å². The fourth-order valence-corrected chi connectivity index (χ4v) is 2.86. The lowest BCUT2D eigenvalue weighted by Crippen LogP contribution is -2.74. The maximum absolute atomic E-state index is 14.0. The van der Waals surface area contributed by atoms with E-state index in [0.29, 0.717) is 4.90 Å². The standard InChI is InChI=1S/C16H16ClF3N2O4/c1-2-26-14(25)15(16(18,19)20,22-8-4-7-12(22)23)21-13(24)10-5-3-6-11(17)9-10/h3,5-6,9H,2,4,7-8H2,1H3,(H,21,24). The molecule has 1 fully saturated rings. The van der Waals surface area contributed by atoms with Gasteiger partial charge < -0.3 is 15.0 Å². The molecular weight excluding hydrogens is 377 g/mol. The average Bonchev–Trinajstić information content (AvgIpc) is 2.97. The molecule has 2 rings (SSSR count). The minimum absolute atomic E-state index is 0.128. The molecule has 1 saturated heterocycles. The van der Waals surface area contributed by atoms with Crippen molar-refractivity contribution in [3.05, 3.63) is 34.9 Å². The molecule has 1 aliphatic rings. The third-order valence-electron chi connectivity index (χ3n) is 3.84. The van der Waals surface area contributed by atoms with E-state index in [1.165, 1.54) is 25.1 Å². The summed E-state index contributed by atoms with van der Waals surface area (Å²) in [5, 5.41) is 1.81. The number of hydrogen-bond acceptors (Lipinski definition) is 4. The van der Waals surface area contributed by atoms with Crippen LogP contribution in [0.15, 0.2) is 24.3 Å². The van der Waals surface area contributed by atoms with Crippen molar-refractivity contribution >= 4 is 29.4 Å². The van der Waals surface area contributed by atoms with Crippen LogP contribution in [0.25, 0.3) is 0 Å². The van der Waals surface area contributed by atoms with Crippen LogP contribution in [0.1, 0.15) is 30.1 Å². The van der Waals surface area contributed by atoms with Crippen LogP contribution in [-0.2, 0) is 14.3 Å². The van der Waals surface area contributed by atoms with Gasteiger partial charge in [0, 0.05) is 23.6 Å². The highest BCUT2D eigenvalue weighted by molar-refractivity contribution is 6.31. The summed E-state index contributed by atoms with van der Waals surface area (Å²) >= 11 is 5.75. The van der Waals surface area contributed by atoms with Gasteiger partial charge in [-0.25, -0.2) is 4.79 Å². The topological polar surface area (TPSA) is 75.7 Å². The number of hydrogen-bond donors (Lipinski definition) is 1. The summed E-state index contributed by atoms with van der Waals surface area (Å²) in [5.41, 5.74) is -3.79. The molecule has 0 spiro atoms. The monoisotopic (exact) mass is 392 g/mol. The fourth-order valence-electron chi connectivity index (χ4n) is 2.67. The molecule has 0 saturated carbocycles.